The van der Waals surface area contributed by atoms with Gasteiger partial charge in [0.25, 0.3) is 0 Å². The number of morpholine rings is 1. The number of aromatic carboxylic acids is 1. The van der Waals surface area contributed by atoms with Gasteiger partial charge in [-0.2, -0.15) is 0 Å². The summed E-state index contributed by atoms with van der Waals surface area (Å²) in [4.78, 5) is 13.3. The molecule has 2 aliphatic rings. The van der Waals surface area contributed by atoms with Crippen LogP contribution in [0, 0.1) is 0 Å². The summed E-state index contributed by atoms with van der Waals surface area (Å²) in [5.74, 6) is -0.304. The number of hydrogen-bond acceptors (Lipinski definition) is 4. The van der Waals surface area contributed by atoms with E-state index in [9.17, 15) is 4.79 Å². The lowest BCUT2D eigenvalue weighted by atomic mass is 10.2. The second-order valence-corrected chi connectivity index (χ2v) is 5.75. The van der Waals surface area contributed by atoms with E-state index in [1.54, 1.807) is 24.3 Å². The van der Waals surface area contributed by atoms with Gasteiger partial charge in [0.1, 0.15) is 5.75 Å². The topological polar surface area (TPSA) is 59.0 Å². The smallest absolute Gasteiger partial charge is 0.335 e. The fraction of sp³-hybridized carbons (Fsp3) is 0.562. The van der Waals surface area contributed by atoms with Crippen LogP contribution in [0.4, 0.5) is 0 Å². The minimum absolute atomic E-state index is 0.261. The standard InChI is InChI=1S/C16H21NO4/c18-16(19)12-3-1-4-13(9-12)20-8-2-7-17-10-14-5-6-15(11-17)21-14/h1,3-4,9,14-15H,2,5-8,10-11H2,(H,18,19). The highest BCUT2D eigenvalue weighted by molar-refractivity contribution is 5.87. The van der Waals surface area contributed by atoms with Crippen molar-refractivity contribution in [3.8, 4) is 5.75 Å². The van der Waals surface area contributed by atoms with Crippen LogP contribution in [0.2, 0.25) is 0 Å². The normalized spacial score (nSPS) is 25.0. The first-order valence-electron chi connectivity index (χ1n) is 7.54. The molecule has 2 atom stereocenters. The van der Waals surface area contributed by atoms with E-state index in [-0.39, 0.29) is 5.56 Å². The molecule has 114 valence electrons. The van der Waals surface area contributed by atoms with Crippen LogP contribution < -0.4 is 4.74 Å². The molecule has 2 bridgehead atoms. The van der Waals surface area contributed by atoms with Crippen LogP contribution in [-0.4, -0.2) is 54.4 Å². The number of fused-ring (bicyclic) bond motifs is 2. The third kappa shape index (κ3) is 3.74. The number of nitrogens with zero attached hydrogens (tertiary/aromatic N) is 1. The lowest BCUT2D eigenvalue weighted by Gasteiger charge is -2.31. The van der Waals surface area contributed by atoms with E-state index < -0.39 is 5.97 Å². The van der Waals surface area contributed by atoms with Crippen molar-refractivity contribution in [2.75, 3.05) is 26.2 Å². The van der Waals surface area contributed by atoms with E-state index in [4.69, 9.17) is 14.6 Å². The third-order valence-electron chi connectivity index (χ3n) is 4.09. The maximum Gasteiger partial charge on any atom is 0.335 e. The molecule has 2 fully saturated rings. The van der Waals surface area contributed by atoms with Crippen molar-refractivity contribution in [2.24, 2.45) is 0 Å². The minimum atomic E-state index is -0.927. The predicted octanol–water partition coefficient (Wildman–Crippen LogP) is 2.02. The van der Waals surface area contributed by atoms with Gasteiger partial charge in [-0.3, -0.25) is 4.90 Å². The molecule has 5 nitrogen and oxygen atoms in total. The monoisotopic (exact) mass is 291 g/mol. The molecule has 1 aromatic carbocycles. The van der Waals surface area contributed by atoms with Crippen molar-refractivity contribution in [3.63, 3.8) is 0 Å². The average Bonchev–Trinajstić information content (AvgIpc) is 2.83. The number of carboxylic acids is 1. The molecule has 1 N–H and O–H groups in total. The SMILES string of the molecule is O=C(O)c1cccc(OCCCN2CC3CCC(C2)O3)c1. The first-order chi connectivity index (χ1) is 10.2. The van der Waals surface area contributed by atoms with Crippen LogP contribution in [0.3, 0.4) is 0 Å². The quantitative estimate of drug-likeness (QED) is 0.813. The van der Waals surface area contributed by atoms with Gasteiger partial charge in [-0.15, -0.1) is 0 Å². The number of carbonyl (C=O) groups is 1. The van der Waals surface area contributed by atoms with Gasteiger partial charge in [0.15, 0.2) is 0 Å². The zero-order valence-corrected chi connectivity index (χ0v) is 12.0. The Hall–Kier alpha value is -1.59. The molecular formula is C16H21NO4. The van der Waals surface area contributed by atoms with Crippen molar-refractivity contribution < 1.29 is 19.4 Å². The lowest BCUT2D eigenvalue weighted by molar-refractivity contribution is -0.0391. The van der Waals surface area contributed by atoms with Crippen molar-refractivity contribution in [2.45, 2.75) is 31.5 Å². The summed E-state index contributed by atoms with van der Waals surface area (Å²) in [6, 6.07) is 6.63. The van der Waals surface area contributed by atoms with Gasteiger partial charge in [0, 0.05) is 19.6 Å². The van der Waals surface area contributed by atoms with Gasteiger partial charge >= 0.3 is 5.97 Å². The summed E-state index contributed by atoms with van der Waals surface area (Å²) in [7, 11) is 0. The van der Waals surface area contributed by atoms with Crippen LogP contribution in [0.25, 0.3) is 0 Å². The van der Waals surface area contributed by atoms with Gasteiger partial charge in [-0.25, -0.2) is 4.79 Å². The van der Waals surface area contributed by atoms with Crippen molar-refractivity contribution in [1.82, 2.24) is 4.90 Å². The molecule has 21 heavy (non-hydrogen) atoms. The molecule has 0 radical (unpaired) electrons. The van der Waals surface area contributed by atoms with E-state index in [1.807, 2.05) is 0 Å². The highest BCUT2D eigenvalue weighted by atomic mass is 16.5. The van der Waals surface area contributed by atoms with Crippen LogP contribution >= 0.6 is 0 Å². The fourth-order valence-corrected chi connectivity index (χ4v) is 3.08. The minimum Gasteiger partial charge on any atom is -0.494 e. The highest BCUT2D eigenvalue weighted by Gasteiger charge is 2.33. The van der Waals surface area contributed by atoms with Crippen LogP contribution in [0.1, 0.15) is 29.6 Å². The van der Waals surface area contributed by atoms with Gasteiger partial charge in [-0.1, -0.05) is 6.07 Å². The van der Waals surface area contributed by atoms with Crippen LogP contribution in [-0.2, 0) is 4.74 Å². The Morgan fingerprint density at radius 1 is 1.33 bits per heavy atom. The Morgan fingerprint density at radius 3 is 2.81 bits per heavy atom. The van der Waals surface area contributed by atoms with Crippen molar-refractivity contribution in [3.05, 3.63) is 29.8 Å². The molecule has 2 unspecified atom stereocenters. The summed E-state index contributed by atoms with van der Waals surface area (Å²) in [6.07, 6.45) is 4.18. The van der Waals surface area contributed by atoms with E-state index in [0.717, 1.165) is 26.1 Å². The summed E-state index contributed by atoms with van der Waals surface area (Å²) in [6.45, 7) is 3.68. The summed E-state index contributed by atoms with van der Waals surface area (Å²) < 4.78 is 11.4. The zero-order valence-electron chi connectivity index (χ0n) is 12.0. The number of rotatable bonds is 6. The maximum absolute atomic E-state index is 10.9. The molecule has 0 aliphatic carbocycles. The molecule has 0 amide bonds. The molecule has 2 aliphatic heterocycles. The van der Waals surface area contributed by atoms with Gasteiger partial charge in [0.05, 0.1) is 24.4 Å². The molecule has 2 saturated heterocycles. The molecule has 5 heteroatoms. The summed E-state index contributed by atoms with van der Waals surface area (Å²) >= 11 is 0. The average molecular weight is 291 g/mol. The van der Waals surface area contributed by atoms with E-state index >= 15 is 0 Å². The van der Waals surface area contributed by atoms with E-state index in [2.05, 4.69) is 4.90 Å². The Labute approximate surface area is 124 Å². The Balaban J connectivity index is 1.40. The molecule has 0 spiro atoms. The number of ether oxygens (including phenoxy) is 2. The highest BCUT2D eigenvalue weighted by Crippen LogP contribution is 2.26. The van der Waals surface area contributed by atoms with E-state index in [0.29, 0.717) is 24.6 Å². The third-order valence-corrected chi connectivity index (χ3v) is 4.09. The molecule has 2 heterocycles. The first-order valence-corrected chi connectivity index (χ1v) is 7.54. The summed E-state index contributed by atoms with van der Waals surface area (Å²) in [5, 5.41) is 8.93. The van der Waals surface area contributed by atoms with Crippen molar-refractivity contribution in [1.29, 1.82) is 0 Å². The molecule has 0 aromatic heterocycles. The Morgan fingerprint density at radius 2 is 2.10 bits per heavy atom. The lowest BCUT2D eigenvalue weighted by Crippen LogP contribution is -2.43. The second kappa shape index (κ2) is 6.45. The number of likely N-dealkylation sites (tertiary alicyclic amines) is 1. The number of benzene rings is 1. The zero-order chi connectivity index (χ0) is 14.7. The Kier molecular flexibility index (Phi) is 4.41. The molecule has 3 rings (SSSR count). The van der Waals surface area contributed by atoms with Crippen LogP contribution in [0.15, 0.2) is 24.3 Å². The molecule has 1 aromatic rings. The second-order valence-electron chi connectivity index (χ2n) is 5.75. The number of carboxylic acid groups (broad SMARTS) is 1. The summed E-state index contributed by atoms with van der Waals surface area (Å²) in [5.41, 5.74) is 0.261. The van der Waals surface area contributed by atoms with E-state index in [1.165, 1.54) is 12.8 Å². The number of hydrogen-bond donors (Lipinski definition) is 1. The predicted molar refractivity (Wildman–Crippen MR) is 77.8 cm³/mol. The van der Waals surface area contributed by atoms with Crippen molar-refractivity contribution >= 4 is 5.97 Å². The Bertz CT molecular complexity index is 493. The van der Waals surface area contributed by atoms with Gasteiger partial charge < -0.3 is 14.6 Å². The fourth-order valence-electron chi connectivity index (χ4n) is 3.08. The first kappa shape index (κ1) is 14.4. The molecule has 0 saturated carbocycles. The van der Waals surface area contributed by atoms with Crippen LogP contribution in [0.5, 0.6) is 5.75 Å². The van der Waals surface area contributed by atoms with Gasteiger partial charge in [0.2, 0.25) is 0 Å². The largest absolute Gasteiger partial charge is 0.494 e. The van der Waals surface area contributed by atoms with Gasteiger partial charge in [-0.05, 0) is 37.5 Å². The molecular weight excluding hydrogens is 270 g/mol. The maximum atomic E-state index is 10.9.